The van der Waals surface area contributed by atoms with Crippen molar-refractivity contribution in [1.29, 1.82) is 0 Å². The van der Waals surface area contributed by atoms with Crippen molar-refractivity contribution in [3.05, 3.63) is 36.4 Å². The van der Waals surface area contributed by atoms with Gasteiger partial charge in [-0.15, -0.1) is 0 Å². The predicted octanol–water partition coefficient (Wildman–Crippen LogP) is 4.14. The summed E-state index contributed by atoms with van der Waals surface area (Å²) in [5.74, 6) is 1.68. The normalized spacial score (nSPS) is 12.1. The highest BCUT2D eigenvalue weighted by molar-refractivity contribution is 5.55. The third kappa shape index (κ3) is 3.78. The Hall–Kier alpha value is -1.24. The second-order valence-corrected chi connectivity index (χ2v) is 3.89. The van der Waals surface area contributed by atoms with Crippen molar-refractivity contribution in [2.24, 2.45) is 5.92 Å². The molecule has 0 aromatic heterocycles. The van der Waals surface area contributed by atoms with Crippen LogP contribution in [0.4, 0.5) is 0 Å². The van der Waals surface area contributed by atoms with Crippen LogP contribution in [-0.2, 0) is 0 Å². The van der Waals surface area contributed by atoms with Gasteiger partial charge in [0.05, 0.1) is 6.61 Å². The van der Waals surface area contributed by atoms with Gasteiger partial charge < -0.3 is 4.74 Å². The molecule has 0 fully saturated rings. The Bertz CT molecular complexity index is 304. The summed E-state index contributed by atoms with van der Waals surface area (Å²) in [5.41, 5.74) is 1.07. The topological polar surface area (TPSA) is 9.23 Å². The fourth-order valence-corrected chi connectivity index (χ4v) is 1.35. The molecule has 15 heavy (non-hydrogen) atoms. The van der Waals surface area contributed by atoms with Crippen molar-refractivity contribution in [3.8, 4) is 5.75 Å². The first-order valence-electron chi connectivity index (χ1n) is 5.62. The molecule has 1 atom stereocenters. The van der Waals surface area contributed by atoms with E-state index in [0.717, 1.165) is 30.3 Å². The lowest BCUT2D eigenvalue weighted by atomic mass is 10.1. The Morgan fingerprint density at radius 3 is 2.80 bits per heavy atom. The summed E-state index contributed by atoms with van der Waals surface area (Å²) < 4.78 is 5.73. The van der Waals surface area contributed by atoms with Gasteiger partial charge in [0.25, 0.3) is 0 Å². The van der Waals surface area contributed by atoms with E-state index in [1.165, 1.54) is 6.42 Å². The zero-order chi connectivity index (χ0) is 11.1. The van der Waals surface area contributed by atoms with Gasteiger partial charge in [0.1, 0.15) is 5.75 Å². The van der Waals surface area contributed by atoms with Crippen LogP contribution in [0.5, 0.6) is 5.75 Å². The summed E-state index contributed by atoms with van der Waals surface area (Å²) in [7, 11) is 0. The minimum Gasteiger partial charge on any atom is -0.493 e. The maximum atomic E-state index is 5.73. The van der Waals surface area contributed by atoms with Crippen LogP contribution in [0.3, 0.4) is 0 Å². The molecular formula is C14H20O. The number of rotatable bonds is 6. The Kier molecular flexibility index (Phi) is 4.96. The van der Waals surface area contributed by atoms with E-state index >= 15 is 0 Å². The van der Waals surface area contributed by atoms with Crippen LogP contribution in [0, 0.1) is 5.92 Å². The number of hydrogen-bond acceptors (Lipinski definition) is 1. The highest BCUT2D eigenvalue weighted by atomic mass is 16.5. The quantitative estimate of drug-likeness (QED) is 0.676. The molecule has 0 saturated carbocycles. The molecule has 1 rings (SSSR count). The molecule has 1 unspecified atom stereocenters. The van der Waals surface area contributed by atoms with Crippen LogP contribution in [0.15, 0.2) is 30.8 Å². The van der Waals surface area contributed by atoms with Crippen molar-refractivity contribution in [2.45, 2.75) is 26.7 Å². The summed E-state index contributed by atoms with van der Waals surface area (Å²) in [6.45, 7) is 9.03. The van der Waals surface area contributed by atoms with E-state index in [2.05, 4.69) is 20.4 Å². The lowest BCUT2D eigenvalue weighted by molar-refractivity contribution is 0.281. The van der Waals surface area contributed by atoms with E-state index in [1.807, 2.05) is 30.3 Å². The summed E-state index contributed by atoms with van der Waals surface area (Å²) in [6, 6.07) is 8.00. The van der Waals surface area contributed by atoms with Gasteiger partial charge in [-0.1, -0.05) is 51.1 Å². The molecule has 1 heteroatoms. The van der Waals surface area contributed by atoms with Crippen LogP contribution in [0.2, 0.25) is 0 Å². The van der Waals surface area contributed by atoms with Crippen molar-refractivity contribution in [2.75, 3.05) is 6.61 Å². The number of hydrogen-bond donors (Lipinski definition) is 0. The van der Waals surface area contributed by atoms with Crippen molar-refractivity contribution in [1.82, 2.24) is 0 Å². The SMILES string of the molecule is C=Cc1ccccc1OCCC(C)CC. The first-order valence-corrected chi connectivity index (χ1v) is 5.62. The Morgan fingerprint density at radius 2 is 2.13 bits per heavy atom. The monoisotopic (exact) mass is 204 g/mol. The fraction of sp³-hybridized carbons (Fsp3) is 0.429. The largest absolute Gasteiger partial charge is 0.493 e. The van der Waals surface area contributed by atoms with E-state index in [-0.39, 0.29) is 0 Å². The van der Waals surface area contributed by atoms with E-state index in [4.69, 9.17) is 4.74 Å². The lowest BCUT2D eigenvalue weighted by Crippen LogP contribution is -2.03. The fourth-order valence-electron chi connectivity index (χ4n) is 1.35. The number of benzene rings is 1. The van der Waals surface area contributed by atoms with Gasteiger partial charge in [-0.2, -0.15) is 0 Å². The average Bonchev–Trinajstić information content (AvgIpc) is 2.29. The number of para-hydroxylation sites is 1. The standard InChI is InChI=1S/C14H20O/c1-4-12(3)10-11-15-14-9-7-6-8-13(14)5-2/h5-9,12H,2,4,10-11H2,1,3H3. The van der Waals surface area contributed by atoms with Crippen LogP contribution >= 0.6 is 0 Å². The molecule has 0 heterocycles. The molecule has 0 spiro atoms. The van der Waals surface area contributed by atoms with E-state index < -0.39 is 0 Å². The summed E-state index contributed by atoms with van der Waals surface area (Å²) >= 11 is 0. The van der Waals surface area contributed by atoms with Gasteiger partial charge in [0, 0.05) is 5.56 Å². The molecule has 0 aliphatic carbocycles. The van der Waals surface area contributed by atoms with Gasteiger partial charge in [-0.25, -0.2) is 0 Å². The van der Waals surface area contributed by atoms with E-state index in [0.29, 0.717) is 0 Å². The first kappa shape index (κ1) is 11.8. The van der Waals surface area contributed by atoms with Gasteiger partial charge in [0.2, 0.25) is 0 Å². The zero-order valence-electron chi connectivity index (χ0n) is 9.70. The van der Waals surface area contributed by atoms with Gasteiger partial charge in [0.15, 0.2) is 0 Å². The third-order valence-electron chi connectivity index (χ3n) is 2.70. The summed E-state index contributed by atoms with van der Waals surface area (Å²) in [5, 5.41) is 0. The predicted molar refractivity (Wildman–Crippen MR) is 66.1 cm³/mol. The van der Waals surface area contributed by atoms with Crippen LogP contribution in [-0.4, -0.2) is 6.61 Å². The molecule has 0 aliphatic rings. The minimum atomic E-state index is 0.737. The highest BCUT2D eigenvalue weighted by Gasteiger charge is 2.01. The molecule has 0 radical (unpaired) electrons. The molecule has 0 amide bonds. The van der Waals surface area contributed by atoms with Gasteiger partial charge in [-0.05, 0) is 18.4 Å². The maximum absolute atomic E-state index is 5.73. The van der Waals surface area contributed by atoms with Crippen molar-refractivity contribution < 1.29 is 4.74 Å². The molecule has 1 aromatic carbocycles. The molecule has 1 nitrogen and oxygen atoms in total. The smallest absolute Gasteiger partial charge is 0.126 e. The molecule has 0 aliphatic heterocycles. The Labute approximate surface area is 92.8 Å². The number of ether oxygens (including phenoxy) is 1. The first-order chi connectivity index (χ1) is 7.27. The van der Waals surface area contributed by atoms with Crippen LogP contribution in [0.1, 0.15) is 32.3 Å². The molecule has 0 bridgehead atoms. The second kappa shape index (κ2) is 6.28. The Balaban J connectivity index is 2.46. The molecule has 1 aromatic rings. The van der Waals surface area contributed by atoms with E-state index in [1.54, 1.807) is 0 Å². The van der Waals surface area contributed by atoms with Crippen LogP contribution < -0.4 is 4.74 Å². The molecule has 0 saturated heterocycles. The average molecular weight is 204 g/mol. The highest BCUT2D eigenvalue weighted by Crippen LogP contribution is 2.19. The van der Waals surface area contributed by atoms with Crippen LogP contribution in [0.25, 0.3) is 6.08 Å². The molecular weight excluding hydrogens is 184 g/mol. The van der Waals surface area contributed by atoms with Crippen molar-refractivity contribution >= 4 is 6.08 Å². The summed E-state index contributed by atoms with van der Waals surface area (Å²) in [6.07, 6.45) is 4.16. The maximum Gasteiger partial charge on any atom is 0.126 e. The summed E-state index contributed by atoms with van der Waals surface area (Å²) in [4.78, 5) is 0. The van der Waals surface area contributed by atoms with Gasteiger partial charge in [-0.3, -0.25) is 0 Å². The third-order valence-corrected chi connectivity index (χ3v) is 2.70. The minimum absolute atomic E-state index is 0.737. The zero-order valence-corrected chi connectivity index (χ0v) is 9.70. The Morgan fingerprint density at radius 1 is 1.40 bits per heavy atom. The van der Waals surface area contributed by atoms with Crippen molar-refractivity contribution in [3.63, 3.8) is 0 Å². The van der Waals surface area contributed by atoms with E-state index in [9.17, 15) is 0 Å². The molecule has 0 N–H and O–H groups in total. The molecule has 82 valence electrons. The van der Waals surface area contributed by atoms with Gasteiger partial charge >= 0.3 is 0 Å². The lowest BCUT2D eigenvalue weighted by Gasteiger charge is -2.11. The second-order valence-electron chi connectivity index (χ2n) is 3.89.